The van der Waals surface area contributed by atoms with E-state index in [2.05, 4.69) is 10.3 Å². The Morgan fingerprint density at radius 1 is 1.08 bits per heavy atom. The second-order valence-electron chi connectivity index (χ2n) is 6.64. The molecule has 2 aromatic rings. The van der Waals surface area contributed by atoms with E-state index in [1.165, 1.54) is 38.5 Å². The van der Waals surface area contributed by atoms with Crippen LogP contribution in [0.3, 0.4) is 0 Å². The van der Waals surface area contributed by atoms with E-state index in [1.54, 1.807) is 0 Å². The van der Waals surface area contributed by atoms with Crippen LogP contribution in [0.25, 0.3) is 11.3 Å². The number of hydrogen-bond acceptors (Lipinski definition) is 3. The number of rotatable bonds is 7. The number of aromatic nitrogens is 1. The second kappa shape index (κ2) is 8.90. The van der Waals surface area contributed by atoms with E-state index in [4.69, 9.17) is 4.74 Å². The number of aromatic amines is 1. The molecule has 0 spiro atoms. The summed E-state index contributed by atoms with van der Waals surface area (Å²) in [4.78, 5) is 3.20. The molecule has 24 heavy (non-hydrogen) atoms. The molecule has 130 valence electrons. The zero-order valence-corrected chi connectivity index (χ0v) is 14.2. The topological polar surface area (TPSA) is 57.3 Å². The number of ether oxygens (including phenoxy) is 1. The van der Waals surface area contributed by atoms with Crippen LogP contribution in [-0.4, -0.2) is 35.4 Å². The molecule has 4 nitrogen and oxygen atoms in total. The van der Waals surface area contributed by atoms with E-state index in [0.717, 1.165) is 17.0 Å². The average molecular weight is 328 g/mol. The van der Waals surface area contributed by atoms with Crippen molar-refractivity contribution < 1.29 is 9.84 Å². The van der Waals surface area contributed by atoms with Crippen molar-refractivity contribution in [2.75, 3.05) is 13.2 Å². The van der Waals surface area contributed by atoms with Gasteiger partial charge in [0.25, 0.3) is 0 Å². The van der Waals surface area contributed by atoms with Crippen LogP contribution in [0.4, 0.5) is 0 Å². The molecule has 1 aliphatic carbocycles. The van der Waals surface area contributed by atoms with Crippen LogP contribution < -0.4 is 10.1 Å². The molecule has 3 rings (SSSR count). The maximum absolute atomic E-state index is 10.2. The maximum Gasteiger partial charge on any atom is 0.128 e. The van der Waals surface area contributed by atoms with Gasteiger partial charge in [-0.3, -0.25) is 0 Å². The Hall–Kier alpha value is -1.78. The minimum absolute atomic E-state index is 0.303. The molecule has 1 saturated carbocycles. The fourth-order valence-electron chi connectivity index (χ4n) is 3.34. The quantitative estimate of drug-likeness (QED) is 0.679. The summed E-state index contributed by atoms with van der Waals surface area (Å²) in [5.41, 5.74) is 2.04. The molecular weight excluding hydrogens is 300 g/mol. The van der Waals surface area contributed by atoms with Crippen molar-refractivity contribution in [3.63, 3.8) is 0 Å². The number of hydrogen-bond donors (Lipinski definition) is 3. The number of H-pyrrole nitrogens is 1. The van der Waals surface area contributed by atoms with Crippen LogP contribution in [0.5, 0.6) is 5.75 Å². The van der Waals surface area contributed by atoms with Crippen molar-refractivity contribution in [1.29, 1.82) is 0 Å². The Labute approximate surface area is 144 Å². The number of nitrogens with one attached hydrogen (secondary N) is 2. The summed E-state index contributed by atoms with van der Waals surface area (Å²) < 4.78 is 5.88. The molecule has 4 heteroatoms. The predicted molar refractivity (Wildman–Crippen MR) is 97.2 cm³/mol. The molecule has 0 saturated heterocycles. The molecule has 0 aliphatic heterocycles. The summed E-state index contributed by atoms with van der Waals surface area (Å²) in [6.45, 7) is 0.896. The summed E-state index contributed by atoms with van der Waals surface area (Å²) in [7, 11) is 0. The van der Waals surface area contributed by atoms with Crippen LogP contribution in [0.15, 0.2) is 42.6 Å². The van der Waals surface area contributed by atoms with E-state index in [1.807, 2.05) is 42.6 Å². The van der Waals surface area contributed by atoms with Gasteiger partial charge in [0, 0.05) is 30.0 Å². The SMILES string of the molecule is OC(CNC1CCCCCC1)COc1ccccc1-c1ccc[nH]1. The minimum atomic E-state index is -0.495. The largest absolute Gasteiger partial charge is 0.490 e. The first-order chi connectivity index (χ1) is 11.8. The molecule has 1 aromatic heterocycles. The molecule has 1 atom stereocenters. The van der Waals surface area contributed by atoms with E-state index < -0.39 is 6.10 Å². The fraction of sp³-hybridized carbons (Fsp3) is 0.500. The minimum Gasteiger partial charge on any atom is -0.490 e. The first-order valence-corrected chi connectivity index (χ1v) is 9.10. The van der Waals surface area contributed by atoms with E-state index in [9.17, 15) is 5.11 Å². The molecule has 1 unspecified atom stereocenters. The Kier molecular flexibility index (Phi) is 6.33. The highest BCUT2D eigenvalue weighted by Crippen LogP contribution is 2.28. The molecule has 0 amide bonds. The molecule has 1 aliphatic rings. The van der Waals surface area contributed by atoms with Crippen molar-refractivity contribution >= 4 is 0 Å². The van der Waals surface area contributed by atoms with Gasteiger partial charge in [0.15, 0.2) is 0 Å². The number of benzene rings is 1. The lowest BCUT2D eigenvalue weighted by molar-refractivity contribution is 0.103. The lowest BCUT2D eigenvalue weighted by atomic mass is 10.1. The van der Waals surface area contributed by atoms with Crippen molar-refractivity contribution in [3.8, 4) is 17.0 Å². The Bertz CT molecular complexity index is 589. The van der Waals surface area contributed by atoms with Gasteiger partial charge in [-0.25, -0.2) is 0 Å². The number of aliphatic hydroxyl groups is 1. The van der Waals surface area contributed by atoms with Gasteiger partial charge in [-0.05, 0) is 37.1 Å². The summed E-state index contributed by atoms with van der Waals surface area (Å²) in [5, 5.41) is 13.7. The Morgan fingerprint density at radius 2 is 1.88 bits per heavy atom. The third-order valence-corrected chi connectivity index (χ3v) is 4.70. The second-order valence-corrected chi connectivity index (χ2v) is 6.64. The molecule has 0 radical (unpaired) electrons. The highest BCUT2D eigenvalue weighted by atomic mass is 16.5. The standard InChI is InChI=1S/C20H28N2O2/c23-17(14-22-16-8-3-1-2-4-9-16)15-24-20-12-6-5-10-18(20)19-11-7-13-21-19/h5-7,10-13,16-17,21-23H,1-4,8-9,14-15H2. The first kappa shape index (κ1) is 17.1. The van der Waals surface area contributed by atoms with Crippen molar-refractivity contribution in [3.05, 3.63) is 42.6 Å². The van der Waals surface area contributed by atoms with Gasteiger partial charge in [-0.1, -0.05) is 37.8 Å². The lowest BCUT2D eigenvalue weighted by Crippen LogP contribution is -2.37. The van der Waals surface area contributed by atoms with E-state index >= 15 is 0 Å². The Balaban J connectivity index is 1.49. The van der Waals surface area contributed by atoms with Gasteiger partial charge in [-0.15, -0.1) is 0 Å². The van der Waals surface area contributed by atoms with Crippen LogP contribution in [0, 0.1) is 0 Å². The van der Waals surface area contributed by atoms with Gasteiger partial charge in [-0.2, -0.15) is 0 Å². The zero-order chi connectivity index (χ0) is 16.6. The summed E-state index contributed by atoms with van der Waals surface area (Å²) >= 11 is 0. The van der Waals surface area contributed by atoms with Gasteiger partial charge in [0.2, 0.25) is 0 Å². The molecule has 0 bridgehead atoms. The van der Waals surface area contributed by atoms with E-state index in [-0.39, 0.29) is 0 Å². The number of aliphatic hydroxyl groups excluding tert-OH is 1. The monoisotopic (exact) mass is 328 g/mol. The highest BCUT2D eigenvalue weighted by Gasteiger charge is 2.14. The van der Waals surface area contributed by atoms with Gasteiger partial charge < -0.3 is 20.1 Å². The normalized spacial score (nSPS) is 17.4. The number of para-hydroxylation sites is 1. The van der Waals surface area contributed by atoms with E-state index in [0.29, 0.717) is 19.2 Å². The molecule has 3 N–H and O–H groups in total. The molecular formula is C20H28N2O2. The van der Waals surface area contributed by atoms with Crippen molar-refractivity contribution in [2.24, 2.45) is 0 Å². The average Bonchev–Trinajstić information content (AvgIpc) is 3.02. The Morgan fingerprint density at radius 3 is 2.62 bits per heavy atom. The first-order valence-electron chi connectivity index (χ1n) is 9.10. The van der Waals surface area contributed by atoms with Crippen molar-refractivity contribution in [2.45, 2.75) is 50.7 Å². The van der Waals surface area contributed by atoms with Crippen LogP contribution >= 0.6 is 0 Å². The maximum atomic E-state index is 10.2. The van der Waals surface area contributed by atoms with Crippen molar-refractivity contribution in [1.82, 2.24) is 10.3 Å². The smallest absolute Gasteiger partial charge is 0.128 e. The predicted octanol–water partition coefficient (Wildman–Crippen LogP) is 3.73. The van der Waals surface area contributed by atoms with Crippen LogP contribution in [-0.2, 0) is 0 Å². The zero-order valence-electron chi connectivity index (χ0n) is 14.2. The highest BCUT2D eigenvalue weighted by molar-refractivity contribution is 5.67. The van der Waals surface area contributed by atoms with Crippen LogP contribution in [0.2, 0.25) is 0 Å². The molecule has 1 heterocycles. The third-order valence-electron chi connectivity index (χ3n) is 4.70. The molecule has 1 aromatic carbocycles. The van der Waals surface area contributed by atoms with Gasteiger partial charge in [0.1, 0.15) is 18.5 Å². The lowest BCUT2D eigenvalue weighted by Gasteiger charge is -2.20. The summed E-state index contributed by atoms with van der Waals surface area (Å²) in [6, 6.07) is 12.5. The van der Waals surface area contributed by atoms with Crippen LogP contribution in [0.1, 0.15) is 38.5 Å². The van der Waals surface area contributed by atoms with Gasteiger partial charge >= 0.3 is 0 Å². The summed E-state index contributed by atoms with van der Waals surface area (Å²) in [6.07, 6.45) is 9.15. The fourth-order valence-corrected chi connectivity index (χ4v) is 3.34. The summed E-state index contributed by atoms with van der Waals surface area (Å²) in [5.74, 6) is 0.800. The molecule has 1 fully saturated rings. The third kappa shape index (κ3) is 4.86. The van der Waals surface area contributed by atoms with Gasteiger partial charge in [0.05, 0.1) is 0 Å².